The van der Waals surface area contributed by atoms with Crippen LogP contribution in [0.15, 0.2) is 40.8 Å². The molecule has 1 unspecified atom stereocenters. The third-order valence-corrected chi connectivity index (χ3v) is 3.84. The van der Waals surface area contributed by atoms with E-state index in [1.54, 1.807) is 19.2 Å². The van der Waals surface area contributed by atoms with Crippen LogP contribution in [0, 0.1) is 0 Å². The molecule has 2 aromatic rings. The summed E-state index contributed by atoms with van der Waals surface area (Å²) in [5.41, 5.74) is 2.17. The molecule has 0 radical (unpaired) electrons. The number of methoxy groups -OCH3 is 1. The standard InChI is InChI=1S/C19H25NO4/c1-13(2)14-6-5-7-15(10-14)17-8-9-18(24-17)19(22)20(3)11-16(21)12-23-4/h5-10,13,16,21H,11-12H2,1-4H3. The van der Waals surface area contributed by atoms with Gasteiger partial charge in [0.1, 0.15) is 5.76 Å². The lowest BCUT2D eigenvalue weighted by atomic mass is 10.0. The van der Waals surface area contributed by atoms with Gasteiger partial charge in [0.05, 0.1) is 12.7 Å². The molecule has 0 aliphatic carbocycles. The first-order valence-corrected chi connectivity index (χ1v) is 8.05. The largest absolute Gasteiger partial charge is 0.451 e. The van der Waals surface area contributed by atoms with E-state index in [0.717, 1.165) is 5.56 Å². The summed E-state index contributed by atoms with van der Waals surface area (Å²) in [6.45, 7) is 4.64. The molecular weight excluding hydrogens is 306 g/mol. The average molecular weight is 331 g/mol. The smallest absolute Gasteiger partial charge is 0.289 e. The van der Waals surface area contributed by atoms with Gasteiger partial charge in [-0.25, -0.2) is 0 Å². The first kappa shape index (κ1) is 18.2. The van der Waals surface area contributed by atoms with Crippen LogP contribution in [-0.2, 0) is 4.74 Å². The summed E-state index contributed by atoms with van der Waals surface area (Å²) in [5, 5.41) is 9.73. The molecule has 1 N–H and O–H groups in total. The monoisotopic (exact) mass is 331 g/mol. The number of rotatable bonds is 7. The lowest BCUT2D eigenvalue weighted by Crippen LogP contribution is -2.36. The molecule has 1 aromatic heterocycles. The third-order valence-electron chi connectivity index (χ3n) is 3.84. The number of hydrogen-bond donors (Lipinski definition) is 1. The number of benzene rings is 1. The Morgan fingerprint density at radius 2 is 2.04 bits per heavy atom. The van der Waals surface area contributed by atoms with Crippen molar-refractivity contribution >= 4 is 5.91 Å². The molecule has 0 aliphatic heterocycles. The predicted molar refractivity (Wildman–Crippen MR) is 93.1 cm³/mol. The minimum absolute atomic E-state index is 0.184. The van der Waals surface area contributed by atoms with Gasteiger partial charge < -0.3 is 19.2 Å². The van der Waals surface area contributed by atoms with Crippen molar-refractivity contribution in [3.8, 4) is 11.3 Å². The second-order valence-corrected chi connectivity index (χ2v) is 6.24. The second-order valence-electron chi connectivity index (χ2n) is 6.24. The van der Waals surface area contributed by atoms with Gasteiger partial charge in [0, 0.05) is 26.3 Å². The molecule has 0 spiro atoms. The van der Waals surface area contributed by atoms with Crippen molar-refractivity contribution in [2.75, 3.05) is 27.3 Å². The van der Waals surface area contributed by atoms with Gasteiger partial charge in [-0.15, -0.1) is 0 Å². The minimum atomic E-state index is -0.721. The van der Waals surface area contributed by atoms with Crippen LogP contribution in [0.4, 0.5) is 0 Å². The van der Waals surface area contributed by atoms with Gasteiger partial charge >= 0.3 is 0 Å². The van der Waals surface area contributed by atoms with Gasteiger partial charge in [-0.2, -0.15) is 0 Å². The molecule has 1 atom stereocenters. The first-order chi connectivity index (χ1) is 11.4. The van der Waals surface area contributed by atoms with Crippen LogP contribution in [0.1, 0.15) is 35.9 Å². The average Bonchev–Trinajstić information content (AvgIpc) is 3.04. The zero-order chi connectivity index (χ0) is 17.7. The minimum Gasteiger partial charge on any atom is -0.451 e. The van der Waals surface area contributed by atoms with E-state index < -0.39 is 6.10 Å². The van der Waals surface area contributed by atoms with Crippen LogP contribution >= 0.6 is 0 Å². The number of carbonyl (C=O) groups is 1. The lowest BCUT2D eigenvalue weighted by Gasteiger charge is -2.19. The number of nitrogens with zero attached hydrogens (tertiary/aromatic N) is 1. The van der Waals surface area contributed by atoms with E-state index in [2.05, 4.69) is 26.0 Å². The van der Waals surface area contributed by atoms with Crippen LogP contribution in [0.5, 0.6) is 0 Å². The maximum absolute atomic E-state index is 12.4. The van der Waals surface area contributed by atoms with Crippen molar-refractivity contribution in [2.45, 2.75) is 25.9 Å². The molecule has 1 heterocycles. The Hall–Kier alpha value is -2.11. The van der Waals surface area contributed by atoms with Crippen molar-refractivity contribution in [3.05, 3.63) is 47.7 Å². The summed E-state index contributed by atoms with van der Waals surface area (Å²) < 4.78 is 10.6. The Labute approximate surface area is 142 Å². The molecule has 0 saturated carbocycles. The quantitative estimate of drug-likeness (QED) is 0.846. The van der Waals surface area contributed by atoms with Crippen LogP contribution in [0.3, 0.4) is 0 Å². The van der Waals surface area contributed by atoms with Crippen molar-refractivity contribution < 1.29 is 19.1 Å². The van der Waals surface area contributed by atoms with Crippen LogP contribution in [0.2, 0.25) is 0 Å². The molecule has 24 heavy (non-hydrogen) atoms. The number of furan rings is 1. The van der Waals surface area contributed by atoms with Crippen molar-refractivity contribution in [1.82, 2.24) is 4.90 Å². The number of ether oxygens (including phenoxy) is 1. The zero-order valence-corrected chi connectivity index (χ0v) is 14.7. The highest BCUT2D eigenvalue weighted by molar-refractivity contribution is 5.92. The summed E-state index contributed by atoms with van der Waals surface area (Å²) in [5.74, 6) is 1.07. The Morgan fingerprint density at radius 1 is 1.29 bits per heavy atom. The Kier molecular flexibility index (Phi) is 6.17. The van der Waals surface area contributed by atoms with E-state index in [9.17, 15) is 9.90 Å². The SMILES string of the molecule is COCC(O)CN(C)C(=O)c1ccc(-c2cccc(C(C)C)c2)o1. The van der Waals surface area contributed by atoms with Crippen molar-refractivity contribution in [1.29, 1.82) is 0 Å². The number of aliphatic hydroxyl groups is 1. The van der Waals surface area contributed by atoms with E-state index in [1.165, 1.54) is 17.6 Å². The maximum Gasteiger partial charge on any atom is 0.289 e. The van der Waals surface area contributed by atoms with Crippen LogP contribution in [0.25, 0.3) is 11.3 Å². The lowest BCUT2D eigenvalue weighted by molar-refractivity contribution is 0.0368. The first-order valence-electron chi connectivity index (χ1n) is 8.05. The zero-order valence-electron chi connectivity index (χ0n) is 14.7. The number of amides is 1. The fourth-order valence-corrected chi connectivity index (χ4v) is 2.49. The van der Waals surface area contributed by atoms with Gasteiger partial charge in [0.15, 0.2) is 5.76 Å². The molecular formula is C19H25NO4. The fraction of sp³-hybridized carbons (Fsp3) is 0.421. The van der Waals surface area contributed by atoms with Crippen molar-refractivity contribution in [3.63, 3.8) is 0 Å². The molecule has 0 bridgehead atoms. The van der Waals surface area contributed by atoms with Gasteiger partial charge in [-0.1, -0.05) is 32.0 Å². The normalized spacial score (nSPS) is 12.4. The number of likely N-dealkylation sites (N-methyl/N-ethyl adjacent to an activating group) is 1. The highest BCUT2D eigenvalue weighted by Crippen LogP contribution is 2.26. The molecule has 5 nitrogen and oxygen atoms in total. The third kappa shape index (κ3) is 4.46. The van der Waals surface area contributed by atoms with Gasteiger partial charge in [-0.05, 0) is 29.7 Å². The summed E-state index contributed by atoms with van der Waals surface area (Å²) in [6, 6.07) is 11.6. The Bertz CT molecular complexity index is 678. The van der Waals surface area contributed by atoms with Gasteiger partial charge in [0.2, 0.25) is 0 Å². The van der Waals surface area contributed by atoms with Crippen LogP contribution in [-0.4, -0.2) is 49.3 Å². The number of carbonyl (C=O) groups excluding carboxylic acids is 1. The molecule has 0 aliphatic rings. The summed E-state index contributed by atoms with van der Waals surface area (Å²) >= 11 is 0. The summed E-state index contributed by atoms with van der Waals surface area (Å²) in [4.78, 5) is 13.8. The van der Waals surface area contributed by atoms with Gasteiger partial charge in [-0.3, -0.25) is 4.79 Å². The molecule has 5 heteroatoms. The molecule has 0 saturated heterocycles. The van der Waals surface area contributed by atoms with E-state index in [-0.39, 0.29) is 24.8 Å². The highest BCUT2D eigenvalue weighted by Gasteiger charge is 2.19. The molecule has 130 valence electrons. The number of hydrogen-bond acceptors (Lipinski definition) is 4. The predicted octanol–water partition coefficient (Wildman–Crippen LogP) is 3.15. The van der Waals surface area contributed by atoms with E-state index in [1.807, 2.05) is 12.1 Å². The Morgan fingerprint density at radius 3 is 2.71 bits per heavy atom. The molecule has 1 amide bonds. The van der Waals surface area contributed by atoms with E-state index in [0.29, 0.717) is 11.7 Å². The summed E-state index contributed by atoms with van der Waals surface area (Å²) in [7, 11) is 3.14. The van der Waals surface area contributed by atoms with E-state index >= 15 is 0 Å². The van der Waals surface area contributed by atoms with E-state index in [4.69, 9.17) is 9.15 Å². The van der Waals surface area contributed by atoms with Crippen molar-refractivity contribution in [2.24, 2.45) is 0 Å². The topological polar surface area (TPSA) is 62.9 Å². The highest BCUT2D eigenvalue weighted by atomic mass is 16.5. The van der Waals surface area contributed by atoms with Gasteiger partial charge in [0.25, 0.3) is 5.91 Å². The van der Waals surface area contributed by atoms with Crippen LogP contribution < -0.4 is 0 Å². The fourth-order valence-electron chi connectivity index (χ4n) is 2.49. The number of aliphatic hydroxyl groups excluding tert-OH is 1. The Balaban J connectivity index is 2.12. The summed E-state index contributed by atoms with van der Waals surface area (Å²) in [6.07, 6.45) is -0.721. The molecule has 0 fully saturated rings. The second kappa shape index (κ2) is 8.13. The molecule has 1 aromatic carbocycles. The molecule has 2 rings (SSSR count). The maximum atomic E-state index is 12.4.